The maximum absolute atomic E-state index is 12.0. The molecule has 0 aliphatic rings. The van der Waals surface area contributed by atoms with Crippen molar-refractivity contribution in [3.63, 3.8) is 0 Å². The Morgan fingerprint density at radius 1 is 1.00 bits per heavy atom. The van der Waals surface area contributed by atoms with E-state index in [1.165, 1.54) is 11.3 Å². The number of anilines is 2. The number of hydrogen-bond donors (Lipinski definition) is 4. The van der Waals surface area contributed by atoms with E-state index in [2.05, 4.69) is 10.6 Å². The number of nitrogens with one attached hydrogen (secondary N) is 3. The minimum Gasteiger partial charge on any atom is -0.374 e. The number of amides is 4. The lowest BCUT2D eigenvalue weighted by atomic mass is 10.2. The standard InChI is InChI=1S/C15H16N4O3S/c16-15(22)19-14(21)9-17-11-5-1-2-6-12(11)18-13(20)8-10-4-3-7-23-10/h1-7,17H,8-9H2,(H,18,20)(H3,16,19,21,22). The molecule has 120 valence electrons. The minimum absolute atomic E-state index is 0.138. The Bertz CT molecular complexity index is 701. The molecule has 0 aliphatic carbocycles. The summed E-state index contributed by atoms with van der Waals surface area (Å²) in [5.74, 6) is -0.708. The molecule has 0 saturated carbocycles. The van der Waals surface area contributed by atoms with Crippen LogP contribution in [0.15, 0.2) is 41.8 Å². The van der Waals surface area contributed by atoms with Gasteiger partial charge in [0.05, 0.1) is 24.3 Å². The van der Waals surface area contributed by atoms with Gasteiger partial charge in [0.25, 0.3) is 0 Å². The molecule has 2 rings (SSSR count). The number of imide groups is 1. The van der Waals surface area contributed by atoms with Gasteiger partial charge in [0.2, 0.25) is 11.8 Å². The fourth-order valence-corrected chi connectivity index (χ4v) is 2.57. The number of rotatable bonds is 6. The predicted molar refractivity (Wildman–Crippen MR) is 89.3 cm³/mol. The topological polar surface area (TPSA) is 113 Å². The number of urea groups is 1. The van der Waals surface area contributed by atoms with E-state index in [0.717, 1.165) is 4.88 Å². The van der Waals surface area contributed by atoms with Crippen molar-refractivity contribution in [2.75, 3.05) is 17.2 Å². The van der Waals surface area contributed by atoms with Gasteiger partial charge in [-0.2, -0.15) is 0 Å². The van der Waals surface area contributed by atoms with Gasteiger partial charge in [-0.05, 0) is 23.6 Å². The van der Waals surface area contributed by atoms with Crippen LogP contribution in [-0.2, 0) is 16.0 Å². The molecule has 5 N–H and O–H groups in total. The summed E-state index contributed by atoms with van der Waals surface area (Å²) < 4.78 is 0. The Balaban J connectivity index is 1.95. The second-order valence-electron chi connectivity index (χ2n) is 4.62. The van der Waals surface area contributed by atoms with Crippen molar-refractivity contribution < 1.29 is 14.4 Å². The molecule has 1 aromatic carbocycles. The molecule has 0 aliphatic heterocycles. The third-order valence-electron chi connectivity index (χ3n) is 2.82. The molecule has 0 radical (unpaired) electrons. The monoisotopic (exact) mass is 332 g/mol. The van der Waals surface area contributed by atoms with Gasteiger partial charge in [0.15, 0.2) is 0 Å². The molecule has 0 atom stereocenters. The van der Waals surface area contributed by atoms with Crippen molar-refractivity contribution in [1.29, 1.82) is 0 Å². The van der Waals surface area contributed by atoms with E-state index in [1.807, 2.05) is 22.8 Å². The summed E-state index contributed by atoms with van der Waals surface area (Å²) in [7, 11) is 0. The normalized spacial score (nSPS) is 9.91. The summed E-state index contributed by atoms with van der Waals surface area (Å²) in [5, 5.41) is 9.51. The zero-order valence-electron chi connectivity index (χ0n) is 12.2. The first-order valence-corrected chi connectivity index (χ1v) is 7.67. The van der Waals surface area contributed by atoms with Gasteiger partial charge >= 0.3 is 6.03 Å². The molecular weight excluding hydrogens is 316 g/mol. The van der Waals surface area contributed by atoms with E-state index in [1.54, 1.807) is 24.3 Å². The summed E-state index contributed by atoms with van der Waals surface area (Å²) in [4.78, 5) is 35.0. The lowest BCUT2D eigenvalue weighted by Crippen LogP contribution is -2.38. The van der Waals surface area contributed by atoms with Crippen molar-refractivity contribution in [1.82, 2.24) is 5.32 Å². The van der Waals surface area contributed by atoms with E-state index in [0.29, 0.717) is 11.4 Å². The molecule has 0 saturated heterocycles. The van der Waals surface area contributed by atoms with Gasteiger partial charge in [0.1, 0.15) is 0 Å². The van der Waals surface area contributed by atoms with Crippen LogP contribution in [0.4, 0.5) is 16.2 Å². The Hall–Kier alpha value is -2.87. The Labute approximate surface area is 136 Å². The summed E-state index contributed by atoms with van der Waals surface area (Å²) in [6, 6.07) is 9.86. The van der Waals surface area contributed by atoms with E-state index in [-0.39, 0.29) is 18.9 Å². The number of hydrogen-bond acceptors (Lipinski definition) is 5. The maximum atomic E-state index is 12.0. The molecular formula is C15H16N4O3S. The molecule has 0 fully saturated rings. The predicted octanol–water partition coefficient (Wildman–Crippen LogP) is 1.54. The molecule has 0 unspecified atom stereocenters. The van der Waals surface area contributed by atoms with Gasteiger partial charge in [-0.3, -0.25) is 14.9 Å². The molecule has 8 heteroatoms. The summed E-state index contributed by atoms with van der Waals surface area (Å²) in [6.07, 6.45) is 0.286. The summed E-state index contributed by atoms with van der Waals surface area (Å²) in [5.41, 5.74) is 6.00. The van der Waals surface area contributed by atoms with Gasteiger partial charge in [-0.25, -0.2) is 4.79 Å². The van der Waals surface area contributed by atoms with E-state index in [9.17, 15) is 14.4 Å². The molecule has 2 aromatic rings. The van der Waals surface area contributed by atoms with E-state index >= 15 is 0 Å². The smallest absolute Gasteiger partial charge is 0.318 e. The van der Waals surface area contributed by atoms with Crippen molar-refractivity contribution >= 4 is 40.6 Å². The van der Waals surface area contributed by atoms with Crippen LogP contribution in [-0.4, -0.2) is 24.4 Å². The summed E-state index contributed by atoms with van der Waals surface area (Å²) in [6.45, 7) is -0.138. The zero-order valence-corrected chi connectivity index (χ0v) is 13.0. The van der Waals surface area contributed by atoms with Crippen LogP contribution in [0.3, 0.4) is 0 Å². The van der Waals surface area contributed by atoms with Crippen LogP contribution in [0.5, 0.6) is 0 Å². The van der Waals surface area contributed by atoms with Crippen molar-refractivity contribution in [3.8, 4) is 0 Å². The van der Waals surface area contributed by atoms with Crippen molar-refractivity contribution in [2.45, 2.75) is 6.42 Å². The highest BCUT2D eigenvalue weighted by molar-refractivity contribution is 7.10. The highest BCUT2D eigenvalue weighted by atomic mass is 32.1. The van der Waals surface area contributed by atoms with Gasteiger partial charge in [-0.15, -0.1) is 11.3 Å². The minimum atomic E-state index is -0.908. The third-order valence-corrected chi connectivity index (χ3v) is 3.69. The van der Waals surface area contributed by atoms with Gasteiger partial charge < -0.3 is 16.4 Å². The number of nitrogens with two attached hydrogens (primary N) is 1. The molecule has 1 heterocycles. The Kier molecular flexibility index (Phi) is 5.70. The molecule has 4 amide bonds. The number of thiophene rings is 1. The molecule has 0 bridgehead atoms. The van der Waals surface area contributed by atoms with Crippen LogP contribution in [0.25, 0.3) is 0 Å². The number of benzene rings is 1. The quantitative estimate of drug-likeness (QED) is 0.642. The largest absolute Gasteiger partial charge is 0.374 e. The van der Waals surface area contributed by atoms with Crippen LogP contribution in [0.1, 0.15) is 4.88 Å². The van der Waals surface area contributed by atoms with Crippen LogP contribution in [0, 0.1) is 0 Å². The average molecular weight is 332 g/mol. The van der Waals surface area contributed by atoms with Crippen LogP contribution >= 0.6 is 11.3 Å². The maximum Gasteiger partial charge on any atom is 0.318 e. The van der Waals surface area contributed by atoms with Crippen molar-refractivity contribution in [3.05, 3.63) is 46.7 Å². The first kappa shape index (κ1) is 16.5. The fourth-order valence-electron chi connectivity index (χ4n) is 1.87. The first-order valence-electron chi connectivity index (χ1n) is 6.79. The number of carbonyl (C=O) groups excluding carboxylic acids is 3. The average Bonchev–Trinajstić information content (AvgIpc) is 2.98. The highest BCUT2D eigenvalue weighted by Gasteiger charge is 2.09. The number of para-hydroxylation sites is 2. The van der Waals surface area contributed by atoms with Crippen LogP contribution in [0.2, 0.25) is 0 Å². The lowest BCUT2D eigenvalue weighted by Gasteiger charge is -2.12. The van der Waals surface area contributed by atoms with Gasteiger partial charge in [0, 0.05) is 4.88 Å². The SMILES string of the molecule is NC(=O)NC(=O)CNc1ccccc1NC(=O)Cc1cccs1. The third kappa shape index (κ3) is 5.44. The van der Waals surface area contributed by atoms with E-state index in [4.69, 9.17) is 5.73 Å². The van der Waals surface area contributed by atoms with Crippen molar-refractivity contribution in [2.24, 2.45) is 5.73 Å². The first-order chi connectivity index (χ1) is 11.0. The molecule has 1 aromatic heterocycles. The van der Waals surface area contributed by atoms with Gasteiger partial charge in [-0.1, -0.05) is 18.2 Å². The second kappa shape index (κ2) is 7.95. The lowest BCUT2D eigenvalue weighted by molar-refractivity contribution is -0.118. The molecule has 7 nitrogen and oxygen atoms in total. The number of carbonyl (C=O) groups is 3. The Morgan fingerprint density at radius 2 is 1.74 bits per heavy atom. The fraction of sp³-hybridized carbons (Fsp3) is 0.133. The second-order valence-corrected chi connectivity index (χ2v) is 5.65. The van der Waals surface area contributed by atoms with E-state index < -0.39 is 11.9 Å². The van der Waals surface area contributed by atoms with Crippen LogP contribution < -0.4 is 21.7 Å². The zero-order chi connectivity index (χ0) is 16.7. The Morgan fingerprint density at radius 3 is 2.39 bits per heavy atom. The summed E-state index contributed by atoms with van der Waals surface area (Å²) >= 11 is 1.51. The molecule has 0 spiro atoms. The highest BCUT2D eigenvalue weighted by Crippen LogP contribution is 2.21. The molecule has 23 heavy (non-hydrogen) atoms. The number of primary amides is 1.